The number of thiophene rings is 1. The minimum Gasteiger partial charge on any atom is -0.476 e. The van der Waals surface area contributed by atoms with Crippen LogP contribution < -0.4 is 0 Å². The summed E-state index contributed by atoms with van der Waals surface area (Å²) in [4.78, 5) is 11.8. The van der Waals surface area contributed by atoms with Crippen LogP contribution >= 0.6 is 11.3 Å². The molecular weight excluding hydrogens is 212 g/mol. The first-order valence-corrected chi connectivity index (χ1v) is 5.45. The molecule has 1 N–H and O–H groups in total. The van der Waals surface area contributed by atoms with E-state index < -0.39 is 5.97 Å². The average molecular weight is 222 g/mol. The number of hydrogen-bond donors (Lipinski definition) is 1. The van der Waals surface area contributed by atoms with Crippen molar-refractivity contribution in [2.24, 2.45) is 0 Å². The molecule has 2 rings (SSSR count). The van der Waals surface area contributed by atoms with Crippen molar-refractivity contribution >= 4 is 17.3 Å². The van der Waals surface area contributed by atoms with Crippen LogP contribution in [0.25, 0.3) is 10.6 Å². The monoisotopic (exact) mass is 222 g/mol. The van der Waals surface area contributed by atoms with E-state index in [4.69, 9.17) is 5.11 Å². The van der Waals surface area contributed by atoms with Gasteiger partial charge in [-0.25, -0.2) is 4.79 Å². The molecule has 0 saturated heterocycles. The lowest BCUT2D eigenvalue weighted by molar-refractivity contribution is 0.0689. The molecule has 0 aromatic carbocycles. The lowest BCUT2D eigenvalue weighted by atomic mass is 10.3. The first-order valence-electron chi connectivity index (χ1n) is 4.57. The van der Waals surface area contributed by atoms with Crippen LogP contribution in [0.3, 0.4) is 0 Å². The van der Waals surface area contributed by atoms with Crippen LogP contribution in [0.15, 0.2) is 23.6 Å². The Morgan fingerprint density at radius 3 is 3.00 bits per heavy atom. The molecule has 0 spiro atoms. The van der Waals surface area contributed by atoms with E-state index in [1.165, 1.54) is 0 Å². The standard InChI is InChI=1S/C10H10N2O2S/c1-2-12-8(9-4-3-5-15-9)6-7(11-12)10(13)14/h3-6H,2H2,1H3,(H,13,14). The van der Waals surface area contributed by atoms with E-state index in [1.54, 1.807) is 22.1 Å². The highest BCUT2D eigenvalue weighted by Crippen LogP contribution is 2.25. The highest BCUT2D eigenvalue weighted by molar-refractivity contribution is 7.13. The number of carboxylic acid groups (broad SMARTS) is 1. The molecule has 0 radical (unpaired) electrons. The van der Waals surface area contributed by atoms with Gasteiger partial charge in [-0.2, -0.15) is 5.10 Å². The summed E-state index contributed by atoms with van der Waals surface area (Å²) in [6.07, 6.45) is 0. The molecule has 2 aromatic rings. The largest absolute Gasteiger partial charge is 0.476 e. The third-order valence-corrected chi connectivity index (χ3v) is 2.96. The van der Waals surface area contributed by atoms with Gasteiger partial charge in [0.15, 0.2) is 5.69 Å². The Hall–Kier alpha value is -1.62. The maximum Gasteiger partial charge on any atom is 0.356 e. The summed E-state index contributed by atoms with van der Waals surface area (Å²) in [5.74, 6) is -0.986. The lowest BCUT2D eigenvalue weighted by Crippen LogP contribution is -2.02. The third kappa shape index (κ3) is 1.78. The Labute approximate surface area is 90.8 Å². The molecule has 2 aromatic heterocycles. The Morgan fingerprint density at radius 1 is 1.67 bits per heavy atom. The van der Waals surface area contributed by atoms with Crippen LogP contribution in [-0.4, -0.2) is 20.9 Å². The minimum absolute atomic E-state index is 0.0975. The van der Waals surface area contributed by atoms with Gasteiger partial charge in [0.1, 0.15) is 0 Å². The smallest absolute Gasteiger partial charge is 0.356 e. The van der Waals surface area contributed by atoms with Crippen molar-refractivity contribution in [3.63, 3.8) is 0 Å². The molecule has 2 heterocycles. The lowest BCUT2D eigenvalue weighted by Gasteiger charge is -2.00. The van der Waals surface area contributed by atoms with Gasteiger partial charge < -0.3 is 5.11 Å². The summed E-state index contributed by atoms with van der Waals surface area (Å²) in [6, 6.07) is 5.50. The zero-order valence-electron chi connectivity index (χ0n) is 8.17. The van der Waals surface area contributed by atoms with Gasteiger partial charge >= 0.3 is 5.97 Å². The molecule has 0 amide bonds. The summed E-state index contributed by atoms with van der Waals surface area (Å²) in [6.45, 7) is 2.61. The second-order valence-corrected chi connectivity index (χ2v) is 3.96. The molecule has 0 bridgehead atoms. The number of rotatable bonds is 3. The first kappa shape index (κ1) is 9.92. The maximum atomic E-state index is 10.8. The molecule has 0 aliphatic rings. The van der Waals surface area contributed by atoms with Gasteiger partial charge in [-0.3, -0.25) is 4.68 Å². The molecular formula is C10H10N2O2S. The van der Waals surface area contributed by atoms with E-state index in [9.17, 15) is 4.79 Å². The Morgan fingerprint density at radius 2 is 2.47 bits per heavy atom. The van der Waals surface area contributed by atoms with Crippen molar-refractivity contribution in [2.75, 3.05) is 0 Å². The van der Waals surface area contributed by atoms with Crippen molar-refractivity contribution < 1.29 is 9.90 Å². The number of aromatic nitrogens is 2. The predicted octanol–water partition coefficient (Wildman–Crippen LogP) is 2.33. The van der Waals surface area contributed by atoms with Crippen molar-refractivity contribution in [3.8, 4) is 10.6 Å². The second-order valence-electron chi connectivity index (χ2n) is 3.01. The highest BCUT2D eigenvalue weighted by atomic mass is 32.1. The Bertz CT molecular complexity index is 474. The fourth-order valence-electron chi connectivity index (χ4n) is 1.38. The second kappa shape index (κ2) is 3.86. The molecule has 0 saturated carbocycles. The Kier molecular flexibility index (Phi) is 2.55. The van der Waals surface area contributed by atoms with E-state index in [1.807, 2.05) is 24.4 Å². The van der Waals surface area contributed by atoms with Crippen molar-refractivity contribution in [3.05, 3.63) is 29.3 Å². The fraction of sp³-hybridized carbons (Fsp3) is 0.200. The molecule has 0 atom stereocenters. The number of carbonyl (C=O) groups is 1. The molecule has 0 aliphatic heterocycles. The van der Waals surface area contributed by atoms with Crippen LogP contribution in [0.5, 0.6) is 0 Å². The molecule has 78 valence electrons. The Balaban J connectivity index is 2.51. The summed E-state index contributed by atoms with van der Waals surface area (Å²) in [7, 11) is 0. The quantitative estimate of drug-likeness (QED) is 0.867. The molecule has 0 aliphatic carbocycles. The number of hydrogen-bond acceptors (Lipinski definition) is 3. The summed E-state index contributed by atoms with van der Waals surface area (Å²) >= 11 is 1.58. The SMILES string of the molecule is CCn1nc(C(=O)O)cc1-c1cccs1. The number of aromatic carboxylic acids is 1. The van der Waals surface area contributed by atoms with Gasteiger partial charge in [-0.1, -0.05) is 6.07 Å². The van der Waals surface area contributed by atoms with Gasteiger partial charge in [0.25, 0.3) is 0 Å². The third-order valence-electron chi connectivity index (χ3n) is 2.07. The van der Waals surface area contributed by atoms with Crippen LogP contribution in [0, 0.1) is 0 Å². The maximum absolute atomic E-state index is 10.8. The summed E-state index contributed by atoms with van der Waals surface area (Å²) in [5.41, 5.74) is 0.963. The van der Waals surface area contributed by atoms with E-state index >= 15 is 0 Å². The van der Waals surface area contributed by atoms with Gasteiger partial charge in [-0.05, 0) is 24.4 Å². The van der Waals surface area contributed by atoms with E-state index in [0.717, 1.165) is 10.6 Å². The van der Waals surface area contributed by atoms with Gasteiger partial charge in [-0.15, -0.1) is 11.3 Å². The number of nitrogens with zero attached hydrogens (tertiary/aromatic N) is 2. The van der Waals surface area contributed by atoms with Gasteiger partial charge in [0.2, 0.25) is 0 Å². The fourth-order valence-corrected chi connectivity index (χ4v) is 2.13. The van der Waals surface area contributed by atoms with Crippen molar-refractivity contribution in [1.82, 2.24) is 9.78 Å². The molecule has 0 unspecified atom stereocenters. The van der Waals surface area contributed by atoms with Crippen molar-refractivity contribution in [1.29, 1.82) is 0 Å². The topological polar surface area (TPSA) is 55.1 Å². The summed E-state index contributed by atoms with van der Waals surface area (Å²) in [5, 5.41) is 14.8. The predicted molar refractivity (Wildman–Crippen MR) is 58.2 cm³/mol. The van der Waals surface area contributed by atoms with Crippen LogP contribution in [0.4, 0.5) is 0 Å². The number of aryl methyl sites for hydroxylation is 1. The van der Waals surface area contributed by atoms with Crippen LogP contribution in [-0.2, 0) is 6.54 Å². The first-order chi connectivity index (χ1) is 7.22. The van der Waals surface area contributed by atoms with Gasteiger partial charge in [0, 0.05) is 6.54 Å². The zero-order valence-corrected chi connectivity index (χ0v) is 8.99. The van der Waals surface area contributed by atoms with Crippen molar-refractivity contribution in [2.45, 2.75) is 13.5 Å². The molecule has 0 fully saturated rings. The molecule has 5 heteroatoms. The zero-order chi connectivity index (χ0) is 10.8. The average Bonchev–Trinajstić information content (AvgIpc) is 2.86. The summed E-state index contributed by atoms with van der Waals surface area (Å²) < 4.78 is 1.70. The normalized spacial score (nSPS) is 10.5. The minimum atomic E-state index is -0.986. The highest BCUT2D eigenvalue weighted by Gasteiger charge is 2.13. The van der Waals surface area contributed by atoms with Crippen LogP contribution in [0.2, 0.25) is 0 Å². The van der Waals surface area contributed by atoms with Crippen LogP contribution in [0.1, 0.15) is 17.4 Å². The van der Waals surface area contributed by atoms with E-state index in [0.29, 0.717) is 6.54 Å². The molecule has 15 heavy (non-hydrogen) atoms. The van der Waals surface area contributed by atoms with E-state index in [-0.39, 0.29) is 5.69 Å². The van der Waals surface area contributed by atoms with Gasteiger partial charge in [0.05, 0.1) is 10.6 Å². The number of carboxylic acids is 1. The van der Waals surface area contributed by atoms with E-state index in [2.05, 4.69) is 5.10 Å². The molecule has 4 nitrogen and oxygen atoms in total.